The van der Waals surface area contributed by atoms with Crippen LogP contribution in [0.5, 0.6) is 0 Å². The van der Waals surface area contributed by atoms with Crippen molar-refractivity contribution in [2.75, 3.05) is 25.7 Å². The molecule has 0 aromatic heterocycles. The van der Waals surface area contributed by atoms with Crippen LogP contribution in [-0.4, -0.2) is 42.6 Å². The number of hydrogen-bond donors (Lipinski definition) is 0. The van der Waals surface area contributed by atoms with Gasteiger partial charge in [-0.1, -0.05) is 48.5 Å². The van der Waals surface area contributed by atoms with E-state index >= 15 is 0 Å². The lowest BCUT2D eigenvalue weighted by molar-refractivity contribution is 0.313. The van der Waals surface area contributed by atoms with E-state index in [1.165, 1.54) is 0 Å². The summed E-state index contributed by atoms with van der Waals surface area (Å²) in [7, 11) is -6.90. The Morgan fingerprint density at radius 2 is 1.29 bits per heavy atom. The Bertz CT molecular complexity index is 967. The average molecular weight is 427 g/mol. The van der Waals surface area contributed by atoms with E-state index < -0.39 is 20.2 Å². The number of aryl methyl sites for hydroxylation is 1. The van der Waals surface area contributed by atoms with Crippen molar-refractivity contribution >= 4 is 20.2 Å². The molecule has 2 aromatic carbocycles. The minimum Gasteiger partial charge on any atom is -0.270 e. The first kappa shape index (κ1) is 22.5. The van der Waals surface area contributed by atoms with Crippen molar-refractivity contribution in [3.8, 4) is 11.1 Å². The predicted molar refractivity (Wildman–Crippen MR) is 110 cm³/mol. The average Bonchev–Trinajstić information content (AvgIpc) is 2.62. The molecule has 0 bridgehead atoms. The third kappa shape index (κ3) is 8.10. The van der Waals surface area contributed by atoms with E-state index in [1.807, 2.05) is 48.5 Å². The maximum absolute atomic E-state index is 11.2. The molecule has 2 rings (SSSR count). The predicted octanol–water partition coefficient (Wildman–Crippen LogP) is 3.17. The molecule has 2 aromatic rings. The van der Waals surface area contributed by atoms with Crippen molar-refractivity contribution in [3.05, 3.63) is 59.7 Å². The van der Waals surface area contributed by atoms with E-state index in [1.54, 1.807) is 0 Å². The van der Waals surface area contributed by atoms with E-state index in [0.29, 0.717) is 25.7 Å². The van der Waals surface area contributed by atoms with Crippen molar-refractivity contribution in [1.82, 2.24) is 0 Å². The highest BCUT2D eigenvalue weighted by atomic mass is 32.2. The summed E-state index contributed by atoms with van der Waals surface area (Å²) in [6, 6.07) is 16.0. The van der Waals surface area contributed by atoms with Gasteiger partial charge in [-0.25, -0.2) is 0 Å². The van der Waals surface area contributed by atoms with Gasteiger partial charge in [-0.05, 0) is 47.9 Å². The summed E-state index contributed by atoms with van der Waals surface area (Å²) < 4.78 is 54.3. The molecule has 0 saturated heterocycles. The minimum absolute atomic E-state index is 0.124. The Morgan fingerprint density at radius 1 is 0.714 bits per heavy atom. The quantitative estimate of drug-likeness (QED) is 0.405. The zero-order valence-electron chi connectivity index (χ0n) is 16.1. The number of hydrogen-bond acceptors (Lipinski definition) is 6. The molecule has 0 saturated carbocycles. The molecule has 154 valence electrons. The van der Waals surface area contributed by atoms with Gasteiger partial charge < -0.3 is 0 Å². The largest absolute Gasteiger partial charge is 0.270 e. The second kappa shape index (κ2) is 10.2. The zero-order chi connectivity index (χ0) is 20.6. The third-order valence-electron chi connectivity index (χ3n) is 4.11. The summed E-state index contributed by atoms with van der Waals surface area (Å²) >= 11 is 0. The molecule has 28 heavy (non-hydrogen) atoms. The molecule has 0 N–H and O–H groups in total. The summed E-state index contributed by atoms with van der Waals surface area (Å²) in [6.07, 6.45) is 4.53. The molecule has 6 nitrogen and oxygen atoms in total. The topological polar surface area (TPSA) is 86.7 Å². The molecule has 0 fully saturated rings. The highest BCUT2D eigenvalue weighted by Crippen LogP contribution is 2.28. The Balaban J connectivity index is 2.18. The summed E-state index contributed by atoms with van der Waals surface area (Å²) in [5.74, 6) is 0. The van der Waals surface area contributed by atoms with Crippen LogP contribution < -0.4 is 0 Å². The molecule has 0 aliphatic heterocycles. The molecule has 0 radical (unpaired) electrons. The second-order valence-corrected chi connectivity index (χ2v) is 9.86. The van der Waals surface area contributed by atoms with E-state index in [9.17, 15) is 16.8 Å². The van der Waals surface area contributed by atoms with Crippen LogP contribution in [0.15, 0.2) is 48.5 Å². The van der Waals surface area contributed by atoms with Gasteiger partial charge in [0.15, 0.2) is 0 Å². The van der Waals surface area contributed by atoms with E-state index in [-0.39, 0.29) is 13.2 Å². The van der Waals surface area contributed by atoms with Crippen LogP contribution in [0.4, 0.5) is 0 Å². The van der Waals surface area contributed by atoms with Crippen LogP contribution in [0.25, 0.3) is 11.1 Å². The van der Waals surface area contributed by atoms with Gasteiger partial charge in [0.2, 0.25) is 0 Å². The van der Waals surface area contributed by atoms with Crippen molar-refractivity contribution in [2.45, 2.75) is 25.7 Å². The Labute approximate surface area is 167 Å². The Hall–Kier alpha value is -1.74. The molecule has 0 spiro atoms. The SMILES string of the molecule is CS(=O)(=O)OCCCc1cccc(-c2ccccc2)c1CCCOS(C)(=O)=O. The molecule has 0 heterocycles. The standard InChI is InChI=1S/C20H26O6S2/c1-27(21,22)25-15-7-12-18-11-6-13-19(17-9-4-3-5-10-17)20(18)14-8-16-26-28(2,23)24/h3-6,9-11,13H,7-8,12,14-16H2,1-2H3. The van der Waals surface area contributed by atoms with E-state index in [4.69, 9.17) is 8.37 Å². The van der Waals surface area contributed by atoms with Crippen LogP contribution >= 0.6 is 0 Å². The number of rotatable bonds is 11. The lowest BCUT2D eigenvalue weighted by Crippen LogP contribution is -2.08. The van der Waals surface area contributed by atoms with Crippen LogP contribution in [0.3, 0.4) is 0 Å². The lowest BCUT2D eigenvalue weighted by Gasteiger charge is -2.15. The number of benzene rings is 2. The zero-order valence-corrected chi connectivity index (χ0v) is 17.8. The maximum Gasteiger partial charge on any atom is 0.264 e. The van der Waals surface area contributed by atoms with Gasteiger partial charge in [0.05, 0.1) is 25.7 Å². The van der Waals surface area contributed by atoms with Gasteiger partial charge in [-0.15, -0.1) is 0 Å². The molecule has 0 amide bonds. The second-order valence-electron chi connectivity index (χ2n) is 6.57. The minimum atomic E-state index is -3.46. The Morgan fingerprint density at radius 3 is 1.86 bits per heavy atom. The van der Waals surface area contributed by atoms with Gasteiger partial charge in [0.1, 0.15) is 0 Å². The molecule has 0 unspecified atom stereocenters. The fraction of sp³-hybridized carbons (Fsp3) is 0.400. The normalized spacial score (nSPS) is 12.2. The van der Waals surface area contributed by atoms with Crippen LogP contribution in [0, 0.1) is 0 Å². The van der Waals surface area contributed by atoms with Crippen molar-refractivity contribution in [1.29, 1.82) is 0 Å². The molecule has 0 aliphatic rings. The fourth-order valence-electron chi connectivity index (χ4n) is 2.98. The third-order valence-corrected chi connectivity index (χ3v) is 5.30. The van der Waals surface area contributed by atoms with Crippen LogP contribution in [0.1, 0.15) is 24.0 Å². The van der Waals surface area contributed by atoms with Crippen LogP contribution in [-0.2, 0) is 41.4 Å². The fourth-order valence-corrected chi connectivity index (χ4v) is 3.83. The molecular weight excluding hydrogens is 400 g/mol. The van der Waals surface area contributed by atoms with Crippen molar-refractivity contribution in [2.24, 2.45) is 0 Å². The smallest absolute Gasteiger partial charge is 0.264 e. The van der Waals surface area contributed by atoms with E-state index in [0.717, 1.165) is 34.8 Å². The first-order chi connectivity index (χ1) is 13.2. The van der Waals surface area contributed by atoms with Gasteiger partial charge in [0, 0.05) is 0 Å². The van der Waals surface area contributed by atoms with Crippen molar-refractivity contribution in [3.63, 3.8) is 0 Å². The van der Waals surface area contributed by atoms with Crippen LogP contribution in [0.2, 0.25) is 0 Å². The molecular formula is C20H26O6S2. The lowest BCUT2D eigenvalue weighted by atomic mass is 9.90. The van der Waals surface area contributed by atoms with Gasteiger partial charge in [-0.2, -0.15) is 16.8 Å². The van der Waals surface area contributed by atoms with Gasteiger partial charge in [-0.3, -0.25) is 8.37 Å². The monoisotopic (exact) mass is 426 g/mol. The first-order valence-corrected chi connectivity index (χ1v) is 12.6. The molecule has 8 heteroatoms. The first-order valence-electron chi connectivity index (χ1n) is 9.01. The summed E-state index contributed by atoms with van der Waals surface area (Å²) in [5, 5.41) is 0. The molecule has 0 atom stereocenters. The van der Waals surface area contributed by atoms with Gasteiger partial charge >= 0.3 is 0 Å². The highest BCUT2D eigenvalue weighted by molar-refractivity contribution is 7.86. The molecule has 0 aliphatic carbocycles. The summed E-state index contributed by atoms with van der Waals surface area (Å²) in [5.41, 5.74) is 4.38. The Kier molecular flexibility index (Phi) is 8.18. The van der Waals surface area contributed by atoms with Crippen molar-refractivity contribution < 1.29 is 25.2 Å². The summed E-state index contributed by atoms with van der Waals surface area (Å²) in [4.78, 5) is 0. The van der Waals surface area contributed by atoms with E-state index in [2.05, 4.69) is 0 Å². The maximum atomic E-state index is 11.2. The van der Waals surface area contributed by atoms with Gasteiger partial charge in [0.25, 0.3) is 20.2 Å². The highest BCUT2D eigenvalue weighted by Gasteiger charge is 2.11. The summed E-state index contributed by atoms with van der Waals surface area (Å²) in [6.45, 7) is 0.254.